The Balaban J connectivity index is 1.63. The van der Waals surface area contributed by atoms with Gasteiger partial charge in [0.1, 0.15) is 17.3 Å². The number of aromatic nitrogens is 2. The number of hydrogen-bond acceptors (Lipinski definition) is 5. The van der Waals surface area contributed by atoms with Gasteiger partial charge in [0.2, 0.25) is 0 Å². The third-order valence-electron chi connectivity index (χ3n) is 6.35. The van der Waals surface area contributed by atoms with E-state index in [1.807, 2.05) is 66.7 Å². The maximum atomic E-state index is 13.7. The lowest BCUT2D eigenvalue weighted by molar-refractivity contribution is 0.395. The number of rotatable bonds is 7. The summed E-state index contributed by atoms with van der Waals surface area (Å²) in [6.07, 6.45) is 0. The Hall–Kier alpha value is -4.13. The van der Waals surface area contributed by atoms with E-state index in [-0.39, 0.29) is 5.56 Å². The topological polar surface area (TPSA) is 79.4 Å². The third-order valence-corrected chi connectivity index (χ3v) is 6.58. The Morgan fingerprint density at radius 2 is 1.62 bits per heavy atom. The van der Waals surface area contributed by atoms with Crippen LogP contribution in [0, 0.1) is 0 Å². The first-order chi connectivity index (χ1) is 18.0. The second kappa shape index (κ2) is 10.5. The predicted octanol–water partition coefficient (Wildman–Crippen LogP) is 5.91. The molecule has 37 heavy (non-hydrogen) atoms. The number of methoxy groups -OCH3 is 2. The minimum Gasteiger partial charge on any atom is -0.497 e. The molecule has 0 amide bonds. The van der Waals surface area contributed by atoms with Crippen LogP contribution in [0.4, 0.5) is 0 Å². The van der Waals surface area contributed by atoms with Crippen LogP contribution in [0.25, 0.3) is 33.4 Å². The van der Waals surface area contributed by atoms with Crippen molar-refractivity contribution in [3.63, 3.8) is 0 Å². The standard InChI is InChI=1S/C30H26ClN3O3/c1-36-24-11-12-25(28(16-24)37-2)21-6-8-22(9-7-21)29-33-27-13-10-23(31)15-26(27)30(35)34(29)18-20-5-3-4-19(14-20)17-32/h3-16H,17-18,32H2,1-2H3. The molecule has 186 valence electrons. The summed E-state index contributed by atoms with van der Waals surface area (Å²) in [6, 6.07) is 26.7. The van der Waals surface area contributed by atoms with Crippen molar-refractivity contribution in [3.8, 4) is 34.0 Å². The monoisotopic (exact) mass is 511 g/mol. The van der Waals surface area contributed by atoms with Crippen molar-refractivity contribution in [2.75, 3.05) is 14.2 Å². The zero-order valence-corrected chi connectivity index (χ0v) is 21.3. The second-order valence-corrected chi connectivity index (χ2v) is 9.09. The van der Waals surface area contributed by atoms with Gasteiger partial charge >= 0.3 is 0 Å². The van der Waals surface area contributed by atoms with Crippen molar-refractivity contribution in [3.05, 3.63) is 111 Å². The summed E-state index contributed by atoms with van der Waals surface area (Å²) in [4.78, 5) is 18.6. The summed E-state index contributed by atoms with van der Waals surface area (Å²) >= 11 is 6.21. The molecule has 0 saturated heterocycles. The van der Waals surface area contributed by atoms with E-state index in [9.17, 15) is 4.79 Å². The van der Waals surface area contributed by atoms with E-state index in [1.165, 1.54) is 0 Å². The highest BCUT2D eigenvalue weighted by molar-refractivity contribution is 6.31. The summed E-state index contributed by atoms with van der Waals surface area (Å²) in [6.45, 7) is 0.781. The van der Waals surface area contributed by atoms with Crippen molar-refractivity contribution < 1.29 is 9.47 Å². The van der Waals surface area contributed by atoms with Crippen molar-refractivity contribution in [1.29, 1.82) is 0 Å². The first kappa shape index (κ1) is 24.6. The first-order valence-electron chi connectivity index (χ1n) is 11.8. The fourth-order valence-electron chi connectivity index (χ4n) is 4.43. The lowest BCUT2D eigenvalue weighted by atomic mass is 10.0. The minimum absolute atomic E-state index is 0.151. The highest BCUT2D eigenvalue weighted by atomic mass is 35.5. The molecule has 4 aromatic carbocycles. The van der Waals surface area contributed by atoms with Crippen LogP contribution in [0.15, 0.2) is 89.7 Å². The fraction of sp³-hybridized carbons (Fsp3) is 0.133. The maximum Gasteiger partial charge on any atom is 0.262 e. The summed E-state index contributed by atoms with van der Waals surface area (Å²) in [5, 5.41) is 0.972. The number of halogens is 1. The van der Waals surface area contributed by atoms with E-state index in [2.05, 4.69) is 0 Å². The van der Waals surface area contributed by atoms with Gasteiger partial charge in [0.05, 0.1) is 31.7 Å². The molecule has 1 heterocycles. The zero-order valence-electron chi connectivity index (χ0n) is 20.6. The van der Waals surface area contributed by atoms with Gasteiger partial charge in [-0.05, 0) is 47.0 Å². The molecule has 0 spiro atoms. The molecule has 0 aliphatic rings. The molecule has 0 bridgehead atoms. The minimum atomic E-state index is -0.151. The van der Waals surface area contributed by atoms with Crippen molar-refractivity contribution in [2.45, 2.75) is 13.1 Å². The van der Waals surface area contributed by atoms with Crippen LogP contribution in [0.5, 0.6) is 11.5 Å². The van der Waals surface area contributed by atoms with Crippen LogP contribution in [0.3, 0.4) is 0 Å². The second-order valence-electron chi connectivity index (χ2n) is 8.66. The van der Waals surface area contributed by atoms with Gasteiger partial charge in [-0.25, -0.2) is 4.98 Å². The van der Waals surface area contributed by atoms with Gasteiger partial charge in [-0.15, -0.1) is 0 Å². The van der Waals surface area contributed by atoms with Gasteiger partial charge in [-0.3, -0.25) is 9.36 Å². The average Bonchev–Trinajstić information content (AvgIpc) is 2.94. The average molecular weight is 512 g/mol. The Morgan fingerprint density at radius 1 is 0.865 bits per heavy atom. The quantitative estimate of drug-likeness (QED) is 0.294. The molecule has 1 aromatic heterocycles. The van der Waals surface area contributed by atoms with Gasteiger partial charge in [0.15, 0.2) is 0 Å². The van der Waals surface area contributed by atoms with Crippen molar-refractivity contribution in [1.82, 2.24) is 9.55 Å². The number of nitrogens with zero attached hydrogens (tertiary/aromatic N) is 2. The number of hydrogen-bond donors (Lipinski definition) is 1. The summed E-state index contributed by atoms with van der Waals surface area (Å²) in [7, 11) is 3.26. The van der Waals surface area contributed by atoms with Gasteiger partial charge in [0, 0.05) is 28.8 Å². The summed E-state index contributed by atoms with van der Waals surface area (Å²) in [5.41, 5.74) is 11.0. The van der Waals surface area contributed by atoms with Gasteiger partial charge in [-0.2, -0.15) is 0 Å². The number of nitrogens with two attached hydrogens (primary N) is 1. The number of benzene rings is 4. The molecular weight excluding hydrogens is 486 g/mol. The molecule has 0 unspecified atom stereocenters. The van der Waals surface area contributed by atoms with E-state index in [1.54, 1.807) is 37.0 Å². The Morgan fingerprint density at radius 3 is 2.35 bits per heavy atom. The van der Waals surface area contributed by atoms with E-state index < -0.39 is 0 Å². The maximum absolute atomic E-state index is 13.7. The van der Waals surface area contributed by atoms with E-state index >= 15 is 0 Å². The van der Waals surface area contributed by atoms with Crippen LogP contribution < -0.4 is 20.8 Å². The molecule has 5 aromatic rings. The van der Waals surface area contributed by atoms with Crippen LogP contribution in [-0.2, 0) is 13.1 Å². The van der Waals surface area contributed by atoms with Crippen LogP contribution in [-0.4, -0.2) is 23.8 Å². The van der Waals surface area contributed by atoms with Crippen molar-refractivity contribution in [2.24, 2.45) is 5.73 Å². The zero-order chi connectivity index (χ0) is 25.9. The Bertz CT molecular complexity index is 1650. The molecule has 0 aliphatic heterocycles. The number of ether oxygens (including phenoxy) is 2. The predicted molar refractivity (Wildman–Crippen MR) is 148 cm³/mol. The van der Waals surface area contributed by atoms with Gasteiger partial charge in [-0.1, -0.05) is 60.1 Å². The van der Waals surface area contributed by atoms with E-state index in [0.717, 1.165) is 33.6 Å². The summed E-state index contributed by atoms with van der Waals surface area (Å²) < 4.78 is 12.6. The SMILES string of the molecule is COc1ccc(-c2ccc(-c3nc4ccc(Cl)cc4c(=O)n3Cc3cccc(CN)c3)cc2)c(OC)c1. The molecule has 2 N–H and O–H groups in total. The first-order valence-corrected chi connectivity index (χ1v) is 12.2. The van der Waals surface area contributed by atoms with Crippen LogP contribution in [0.2, 0.25) is 5.02 Å². The molecule has 6 nitrogen and oxygen atoms in total. The van der Waals surface area contributed by atoms with Crippen molar-refractivity contribution >= 4 is 22.5 Å². The lowest BCUT2D eigenvalue weighted by Gasteiger charge is -2.15. The van der Waals surface area contributed by atoms with E-state index in [4.69, 9.17) is 31.8 Å². The fourth-order valence-corrected chi connectivity index (χ4v) is 4.61. The third kappa shape index (κ3) is 4.94. The molecule has 5 rings (SSSR count). The molecule has 0 saturated carbocycles. The molecule has 7 heteroatoms. The van der Waals surface area contributed by atoms with Crippen LogP contribution in [0.1, 0.15) is 11.1 Å². The highest BCUT2D eigenvalue weighted by Crippen LogP contribution is 2.34. The largest absolute Gasteiger partial charge is 0.497 e. The Kier molecular flexibility index (Phi) is 6.95. The Labute approximate surface area is 219 Å². The molecule has 0 atom stereocenters. The lowest BCUT2D eigenvalue weighted by Crippen LogP contribution is -2.24. The van der Waals surface area contributed by atoms with Gasteiger partial charge in [0.25, 0.3) is 5.56 Å². The van der Waals surface area contributed by atoms with Crippen LogP contribution >= 0.6 is 11.6 Å². The normalized spacial score (nSPS) is 11.0. The smallest absolute Gasteiger partial charge is 0.262 e. The van der Waals surface area contributed by atoms with E-state index in [0.29, 0.717) is 40.6 Å². The molecule has 0 aliphatic carbocycles. The summed E-state index contributed by atoms with van der Waals surface area (Å²) in [5.74, 6) is 2.01. The molecular formula is C30H26ClN3O3. The molecule has 0 fully saturated rings. The molecule has 0 radical (unpaired) electrons. The highest BCUT2D eigenvalue weighted by Gasteiger charge is 2.15. The number of fused-ring (bicyclic) bond motifs is 1. The van der Waals surface area contributed by atoms with Gasteiger partial charge < -0.3 is 15.2 Å².